The molecule has 0 aromatic heterocycles. The number of rotatable bonds is 4. The molecule has 1 aromatic rings. The molecule has 2 atom stereocenters. The Morgan fingerprint density at radius 2 is 1.94 bits per heavy atom. The average Bonchev–Trinajstić information content (AvgIpc) is 2.23. The molecule has 1 rings (SSSR count). The van der Waals surface area contributed by atoms with E-state index in [1.54, 1.807) is 0 Å². The maximum absolute atomic E-state index is 6.16. The van der Waals surface area contributed by atoms with Crippen molar-refractivity contribution in [3.8, 4) is 5.75 Å². The van der Waals surface area contributed by atoms with Gasteiger partial charge < -0.3 is 10.5 Å². The lowest BCUT2D eigenvalue weighted by Crippen LogP contribution is -2.47. The summed E-state index contributed by atoms with van der Waals surface area (Å²) in [5.74, 6) is 0.911. The molecular weight excluding hydrogens is 210 g/mol. The third-order valence-corrected chi connectivity index (χ3v) is 2.97. The van der Waals surface area contributed by atoms with Crippen LogP contribution in [0, 0.1) is 12.3 Å². The van der Waals surface area contributed by atoms with Crippen molar-refractivity contribution in [3.05, 3.63) is 29.8 Å². The Morgan fingerprint density at radius 1 is 1.29 bits per heavy atom. The molecule has 1 aromatic carbocycles. The Labute approximate surface area is 105 Å². The number of aryl methyl sites for hydroxylation is 1. The molecule has 0 saturated heterocycles. The van der Waals surface area contributed by atoms with Crippen LogP contribution in [0.2, 0.25) is 0 Å². The number of ether oxygens (including phenoxy) is 1. The summed E-state index contributed by atoms with van der Waals surface area (Å²) in [5, 5.41) is 0. The largest absolute Gasteiger partial charge is 0.488 e. The van der Waals surface area contributed by atoms with Crippen molar-refractivity contribution in [2.45, 2.75) is 53.2 Å². The maximum Gasteiger partial charge on any atom is 0.120 e. The molecule has 0 saturated carbocycles. The SMILES string of the molecule is CCC(N)C(Oc1cccc(C)c1)C(C)(C)C. The molecule has 0 heterocycles. The molecule has 2 heteroatoms. The second-order valence-corrected chi connectivity index (χ2v) is 5.79. The van der Waals surface area contributed by atoms with Gasteiger partial charge in [0.15, 0.2) is 0 Å². The highest BCUT2D eigenvalue weighted by Gasteiger charge is 2.31. The van der Waals surface area contributed by atoms with Crippen LogP contribution >= 0.6 is 0 Å². The van der Waals surface area contributed by atoms with Crippen molar-refractivity contribution in [1.29, 1.82) is 0 Å². The van der Waals surface area contributed by atoms with Crippen molar-refractivity contribution in [2.24, 2.45) is 11.1 Å². The summed E-state index contributed by atoms with van der Waals surface area (Å²) < 4.78 is 6.09. The van der Waals surface area contributed by atoms with Gasteiger partial charge in [0, 0.05) is 11.5 Å². The van der Waals surface area contributed by atoms with E-state index >= 15 is 0 Å². The monoisotopic (exact) mass is 235 g/mol. The number of hydrogen-bond acceptors (Lipinski definition) is 2. The van der Waals surface area contributed by atoms with Crippen LogP contribution in [0.3, 0.4) is 0 Å². The molecule has 0 aliphatic heterocycles. The van der Waals surface area contributed by atoms with Gasteiger partial charge in [-0.25, -0.2) is 0 Å². The third-order valence-electron chi connectivity index (χ3n) is 2.97. The lowest BCUT2D eigenvalue weighted by molar-refractivity contribution is 0.0621. The maximum atomic E-state index is 6.16. The minimum Gasteiger partial charge on any atom is -0.488 e. The van der Waals surface area contributed by atoms with Gasteiger partial charge in [0.05, 0.1) is 0 Å². The minimum absolute atomic E-state index is 0.0364. The second kappa shape index (κ2) is 5.54. The van der Waals surface area contributed by atoms with E-state index in [9.17, 15) is 0 Å². The third kappa shape index (κ3) is 4.04. The summed E-state index contributed by atoms with van der Waals surface area (Å²) in [4.78, 5) is 0. The van der Waals surface area contributed by atoms with Gasteiger partial charge in [0.2, 0.25) is 0 Å². The normalized spacial score (nSPS) is 15.4. The minimum atomic E-state index is 0.0364. The topological polar surface area (TPSA) is 35.2 Å². The number of nitrogens with two attached hydrogens (primary N) is 1. The van der Waals surface area contributed by atoms with Crippen LogP contribution in [0.1, 0.15) is 39.7 Å². The van der Waals surface area contributed by atoms with E-state index < -0.39 is 0 Å². The summed E-state index contributed by atoms with van der Waals surface area (Å²) in [6.07, 6.45) is 0.961. The Morgan fingerprint density at radius 3 is 2.41 bits per heavy atom. The molecule has 2 N–H and O–H groups in total. The van der Waals surface area contributed by atoms with Crippen molar-refractivity contribution in [2.75, 3.05) is 0 Å². The fourth-order valence-corrected chi connectivity index (χ4v) is 1.96. The Hall–Kier alpha value is -1.02. The lowest BCUT2D eigenvalue weighted by Gasteiger charge is -2.35. The van der Waals surface area contributed by atoms with Gasteiger partial charge >= 0.3 is 0 Å². The molecule has 2 unspecified atom stereocenters. The van der Waals surface area contributed by atoms with Gasteiger partial charge in [-0.1, -0.05) is 39.8 Å². The van der Waals surface area contributed by atoms with E-state index in [4.69, 9.17) is 10.5 Å². The summed E-state index contributed by atoms with van der Waals surface area (Å²) in [5.41, 5.74) is 7.41. The highest BCUT2D eigenvalue weighted by atomic mass is 16.5. The molecule has 17 heavy (non-hydrogen) atoms. The Balaban J connectivity index is 2.87. The van der Waals surface area contributed by atoms with Gasteiger partial charge in [-0.2, -0.15) is 0 Å². The smallest absolute Gasteiger partial charge is 0.120 e. The van der Waals surface area contributed by atoms with Crippen LogP contribution in [0.5, 0.6) is 5.75 Å². The van der Waals surface area contributed by atoms with Gasteiger partial charge in [0.1, 0.15) is 11.9 Å². The predicted molar refractivity (Wildman–Crippen MR) is 73.3 cm³/mol. The first-order valence-electron chi connectivity index (χ1n) is 6.33. The fraction of sp³-hybridized carbons (Fsp3) is 0.600. The zero-order chi connectivity index (χ0) is 13.1. The van der Waals surface area contributed by atoms with Crippen LogP contribution in [0.25, 0.3) is 0 Å². The zero-order valence-electron chi connectivity index (χ0n) is 11.7. The Bertz CT molecular complexity index is 354. The van der Waals surface area contributed by atoms with Crippen molar-refractivity contribution in [3.63, 3.8) is 0 Å². The average molecular weight is 235 g/mol. The van der Waals surface area contributed by atoms with Crippen LogP contribution < -0.4 is 10.5 Å². The molecular formula is C15H25NO. The molecule has 0 aliphatic carbocycles. The molecule has 0 fully saturated rings. The molecule has 96 valence electrons. The van der Waals surface area contributed by atoms with E-state index in [2.05, 4.69) is 46.8 Å². The number of hydrogen-bond donors (Lipinski definition) is 1. The quantitative estimate of drug-likeness (QED) is 0.866. The molecule has 0 spiro atoms. The van der Waals surface area contributed by atoms with E-state index in [1.807, 2.05) is 12.1 Å². The fourth-order valence-electron chi connectivity index (χ4n) is 1.96. The molecule has 0 aliphatic rings. The van der Waals surface area contributed by atoms with Crippen molar-refractivity contribution < 1.29 is 4.74 Å². The Kier molecular flexibility index (Phi) is 4.58. The van der Waals surface area contributed by atoms with Crippen molar-refractivity contribution in [1.82, 2.24) is 0 Å². The highest BCUT2D eigenvalue weighted by molar-refractivity contribution is 5.27. The summed E-state index contributed by atoms with van der Waals surface area (Å²) in [6.45, 7) is 10.7. The first kappa shape index (κ1) is 14.0. The molecule has 0 amide bonds. The highest BCUT2D eigenvalue weighted by Crippen LogP contribution is 2.27. The summed E-state index contributed by atoms with van der Waals surface area (Å²) in [7, 11) is 0. The standard InChI is InChI=1S/C15H25NO/c1-6-13(16)14(15(3,4)5)17-12-9-7-8-11(2)10-12/h7-10,13-14H,6,16H2,1-5H3. The molecule has 0 bridgehead atoms. The van der Waals surface area contributed by atoms with Gasteiger partial charge in [-0.3, -0.25) is 0 Å². The van der Waals surface area contributed by atoms with E-state index in [1.165, 1.54) is 5.56 Å². The van der Waals surface area contributed by atoms with E-state index in [0.29, 0.717) is 0 Å². The second-order valence-electron chi connectivity index (χ2n) is 5.79. The molecule has 2 nitrogen and oxygen atoms in total. The predicted octanol–water partition coefficient (Wildman–Crippen LogP) is 3.53. The van der Waals surface area contributed by atoms with Gasteiger partial charge in [-0.15, -0.1) is 0 Å². The lowest BCUT2D eigenvalue weighted by atomic mass is 9.84. The van der Waals surface area contributed by atoms with Crippen LogP contribution in [0.4, 0.5) is 0 Å². The first-order chi connectivity index (χ1) is 7.84. The van der Waals surface area contributed by atoms with Gasteiger partial charge in [-0.05, 0) is 31.0 Å². The van der Waals surface area contributed by atoms with Gasteiger partial charge in [0.25, 0.3) is 0 Å². The number of benzene rings is 1. The van der Waals surface area contributed by atoms with Crippen LogP contribution in [0.15, 0.2) is 24.3 Å². The van der Waals surface area contributed by atoms with E-state index in [0.717, 1.165) is 12.2 Å². The van der Waals surface area contributed by atoms with Crippen LogP contribution in [-0.4, -0.2) is 12.1 Å². The summed E-state index contributed by atoms with van der Waals surface area (Å²) >= 11 is 0. The van der Waals surface area contributed by atoms with Crippen LogP contribution in [-0.2, 0) is 0 Å². The van der Waals surface area contributed by atoms with Crippen molar-refractivity contribution >= 4 is 0 Å². The molecule has 0 radical (unpaired) electrons. The summed E-state index contributed by atoms with van der Waals surface area (Å²) in [6, 6.07) is 8.20. The zero-order valence-corrected chi connectivity index (χ0v) is 11.7. The van der Waals surface area contributed by atoms with E-state index in [-0.39, 0.29) is 17.6 Å². The first-order valence-corrected chi connectivity index (χ1v) is 6.33.